The molecule has 0 unspecified atom stereocenters. The van der Waals surface area contributed by atoms with E-state index in [1.54, 1.807) is 5.57 Å². The molecule has 0 aromatic carbocycles. The van der Waals surface area contributed by atoms with Crippen molar-refractivity contribution in [2.24, 2.45) is 0 Å². The van der Waals surface area contributed by atoms with Crippen LogP contribution in [-0.2, 0) is 0 Å². The third-order valence-electron chi connectivity index (χ3n) is 1.90. The highest BCUT2D eigenvalue weighted by Gasteiger charge is 2.03. The molecule has 0 aromatic heterocycles. The molecule has 1 heteroatoms. The van der Waals surface area contributed by atoms with E-state index in [-0.39, 0.29) is 0 Å². The van der Waals surface area contributed by atoms with Crippen LogP contribution < -0.4 is 0 Å². The zero-order valence-electron chi connectivity index (χ0n) is 6.68. The van der Waals surface area contributed by atoms with Gasteiger partial charge < -0.3 is 0 Å². The van der Waals surface area contributed by atoms with Gasteiger partial charge in [-0.15, -0.1) is 0 Å². The summed E-state index contributed by atoms with van der Waals surface area (Å²) in [5.74, 6) is 2.51. The summed E-state index contributed by atoms with van der Waals surface area (Å²) >= 11 is 2.02. The molecule has 0 radical (unpaired) electrons. The average Bonchev–Trinajstić information content (AvgIpc) is 2.05. The van der Waals surface area contributed by atoms with Crippen molar-refractivity contribution in [2.75, 3.05) is 11.5 Å². The molecule has 0 amide bonds. The van der Waals surface area contributed by atoms with Gasteiger partial charge in [0, 0.05) is 5.75 Å². The number of allylic oxidation sites excluding steroid dienone is 3. The lowest BCUT2D eigenvalue weighted by Gasteiger charge is -2.12. The highest BCUT2D eigenvalue weighted by Crippen LogP contribution is 2.22. The van der Waals surface area contributed by atoms with Crippen molar-refractivity contribution in [3.05, 3.63) is 23.3 Å². The fourth-order valence-electron chi connectivity index (χ4n) is 1.07. The first-order valence-electron chi connectivity index (χ1n) is 3.74. The summed E-state index contributed by atoms with van der Waals surface area (Å²) in [5.41, 5.74) is 3.02. The molecule has 0 aromatic rings. The van der Waals surface area contributed by atoms with Gasteiger partial charge in [0.2, 0.25) is 0 Å². The van der Waals surface area contributed by atoms with Crippen molar-refractivity contribution in [1.29, 1.82) is 0 Å². The number of hydrogen-bond acceptors (Lipinski definition) is 1. The van der Waals surface area contributed by atoms with Gasteiger partial charge in [0.15, 0.2) is 0 Å². The molecule has 1 aliphatic rings. The van der Waals surface area contributed by atoms with E-state index in [1.807, 2.05) is 11.8 Å². The molecule has 0 nitrogen and oxygen atoms in total. The van der Waals surface area contributed by atoms with E-state index in [1.165, 1.54) is 23.5 Å². The van der Waals surface area contributed by atoms with Gasteiger partial charge in [0.1, 0.15) is 0 Å². The molecule has 0 saturated carbocycles. The zero-order valence-corrected chi connectivity index (χ0v) is 7.50. The van der Waals surface area contributed by atoms with Crippen LogP contribution in [-0.4, -0.2) is 11.5 Å². The highest BCUT2D eigenvalue weighted by atomic mass is 32.2. The molecule has 10 heavy (non-hydrogen) atoms. The Balaban J connectivity index is 2.62. The van der Waals surface area contributed by atoms with Crippen molar-refractivity contribution in [3.8, 4) is 0 Å². The van der Waals surface area contributed by atoms with E-state index in [4.69, 9.17) is 0 Å². The van der Waals surface area contributed by atoms with Gasteiger partial charge in [-0.05, 0) is 31.6 Å². The van der Waals surface area contributed by atoms with Crippen molar-refractivity contribution in [3.63, 3.8) is 0 Å². The Labute approximate surface area is 67.4 Å². The van der Waals surface area contributed by atoms with Crippen LogP contribution in [0, 0.1) is 0 Å². The smallest absolute Gasteiger partial charge is 0.0119 e. The molecule has 0 aliphatic carbocycles. The van der Waals surface area contributed by atoms with Gasteiger partial charge >= 0.3 is 0 Å². The Hall–Kier alpha value is -0.170. The van der Waals surface area contributed by atoms with Crippen LogP contribution in [0.5, 0.6) is 0 Å². The second kappa shape index (κ2) is 3.87. The standard InChI is InChI=1S/C9H14S/c1-3-8(2)9-4-6-10-7-5-9/h3-4H,5-7H2,1-2H3/b8-3+. The lowest BCUT2D eigenvalue weighted by molar-refractivity contribution is 1.09. The first-order valence-corrected chi connectivity index (χ1v) is 4.90. The second-order valence-corrected chi connectivity index (χ2v) is 3.68. The monoisotopic (exact) mass is 154 g/mol. The number of rotatable bonds is 1. The molecule has 1 aliphatic heterocycles. The predicted octanol–water partition coefficient (Wildman–Crippen LogP) is 3.02. The van der Waals surface area contributed by atoms with Crippen molar-refractivity contribution in [1.82, 2.24) is 0 Å². The van der Waals surface area contributed by atoms with E-state index in [9.17, 15) is 0 Å². The molecule has 0 fully saturated rings. The summed E-state index contributed by atoms with van der Waals surface area (Å²) in [6, 6.07) is 0. The minimum Gasteiger partial charge on any atom is -0.157 e. The van der Waals surface area contributed by atoms with E-state index >= 15 is 0 Å². The lowest BCUT2D eigenvalue weighted by atomic mass is 10.1. The van der Waals surface area contributed by atoms with Gasteiger partial charge in [-0.1, -0.05) is 17.7 Å². The Morgan fingerprint density at radius 1 is 1.70 bits per heavy atom. The van der Waals surface area contributed by atoms with Crippen molar-refractivity contribution < 1.29 is 0 Å². The normalized spacial score (nSPS) is 20.6. The minimum atomic E-state index is 1.21. The van der Waals surface area contributed by atoms with Crippen LogP contribution in [0.3, 0.4) is 0 Å². The molecule has 0 N–H and O–H groups in total. The topological polar surface area (TPSA) is 0 Å². The average molecular weight is 154 g/mol. The Kier molecular flexibility index (Phi) is 3.07. The predicted molar refractivity (Wildman–Crippen MR) is 49.5 cm³/mol. The fraction of sp³-hybridized carbons (Fsp3) is 0.556. The molecule has 0 bridgehead atoms. The Bertz CT molecular complexity index is 166. The number of thioether (sulfide) groups is 1. The number of hydrogen-bond donors (Lipinski definition) is 0. The SMILES string of the molecule is C/C=C(\C)C1=CCSCC1. The molecule has 1 rings (SSSR count). The maximum atomic E-state index is 2.35. The van der Waals surface area contributed by atoms with Crippen LogP contribution >= 0.6 is 11.8 Å². The first-order chi connectivity index (χ1) is 4.84. The summed E-state index contributed by atoms with van der Waals surface area (Å²) in [4.78, 5) is 0. The van der Waals surface area contributed by atoms with Crippen molar-refractivity contribution in [2.45, 2.75) is 20.3 Å². The third-order valence-corrected chi connectivity index (χ3v) is 2.80. The van der Waals surface area contributed by atoms with Crippen LogP contribution in [0.2, 0.25) is 0 Å². The van der Waals surface area contributed by atoms with E-state index < -0.39 is 0 Å². The van der Waals surface area contributed by atoms with Gasteiger partial charge in [0.05, 0.1) is 0 Å². The molecule has 0 saturated heterocycles. The molecule has 0 atom stereocenters. The molecular weight excluding hydrogens is 140 g/mol. The summed E-state index contributed by atoms with van der Waals surface area (Å²) in [7, 11) is 0. The van der Waals surface area contributed by atoms with Gasteiger partial charge in [-0.25, -0.2) is 0 Å². The van der Waals surface area contributed by atoms with Crippen LogP contribution in [0.1, 0.15) is 20.3 Å². The zero-order chi connectivity index (χ0) is 7.40. The van der Waals surface area contributed by atoms with E-state index in [2.05, 4.69) is 26.0 Å². The molecule has 56 valence electrons. The largest absolute Gasteiger partial charge is 0.157 e. The quantitative estimate of drug-likeness (QED) is 0.559. The van der Waals surface area contributed by atoms with Crippen LogP contribution in [0.4, 0.5) is 0 Å². The van der Waals surface area contributed by atoms with Gasteiger partial charge in [-0.2, -0.15) is 11.8 Å². The summed E-state index contributed by atoms with van der Waals surface area (Å²) in [5, 5.41) is 0. The lowest BCUT2D eigenvalue weighted by Crippen LogP contribution is -1.96. The van der Waals surface area contributed by atoms with Gasteiger partial charge in [-0.3, -0.25) is 0 Å². The second-order valence-electron chi connectivity index (χ2n) is 2.53. The minimum absolute atomic E-state index is 1.21. The van der Waals surface area contributed by atoms with Crippen LogP contribution in [0.15, 0.2) is 23.3 Å². The molecule has 0 spiro atoms. The van der Waals surface area contributed by atoms with Crippen molar-refractivity contribution >= 4 is 11.8 Å². The molecular formula is C9H14S. The van der Waals surface area contributed by atoms with Crippen LogP contribution in [0.25, 0.3) is 0 Å². The highest BCUT2D eigenvalue weighted by molar-refractivity contribution is 7.99. The maximum Gasteiger partial charge on any atom is 0.0119 e. The summed E-state index contributed by atoms with van der Waals surface area (Å²) in [6.45, 7) is 4.31. The van der Waals surface area contributed by atoms with E-state index in [0.717, 1.165) is 0 Å². The first kappa shape index (κ1) is 7.93. The van der Waals surface area contributed by atoms with E-state index in [0.29, 0.717) is 0 Å². The molecule has 1 heterocycles. The maximum absolute atomic E-state index is 2.35. The Morgan fingerprint density at radius 2 is 2.50 bits per heavy atom. The Morgan fingerprint density at radius 3 is 3.00 bits per heavy atom. The van der Waals surface area contributed by atoms with Gasteiger partial charge in [0.25, 0.3) is 0 Å². The fourth-order valence-corrected chi connectivity index (χ4v) is 1.92. The summed E-state index contributed by atoms with van der Waals surface area (Å²) < 4.78 is 0. The third kappa shape index (κ3) is 1.91. The summed E-state index contributed by atoms with van der Waals surface area (Å²) in [6.07, 6.45) is 5.81.